The van der Waals surface area contributed by atoms with E-state index in [4.69, 9.17) is 11.6 Å². The number of nitrogens with zero attached hydrogens (tertiary/aromatic N) is 1. The van der Waals surface area contributed by atoms with Crippen LogP contribution in [0.1, 0.15) is 32.8 Å². The molecule has 3 amide bonds. The molecule has 1 aliphatic rings. The Kier molecular flexibility index (Phi) is 4.28. The van der Waals surface area contributed by atoms with E-state index < -0.39 is 0 Å². The van der Waals surface area contributed by atoms with E-state index in [2.05, 4.69) is 26.1 Å². The fraction of sp³-hybridized carbons (Fsp3) is 0.500. The van der Waals surface area contributed by atoms with Crippen LogP contribution in [0, 0.1) is 18.3 Å². The van der Waals surface area contributed by atoms with Crippen LogP contribution in [0.15, 0.2) is 18.2 Å². The van der Waals surface area contributed by atoms with Crippen molar-refractivity contribution in [3.8, 4) is 0 Å². The first kappa shape index (κ1) is 15.8. The van der Waals surface area contributed by atoms with Gasteiger partial charge in [-0.3, -0.25) is 4.79 Å². The Balaban J connectivity index is 2.29. The lowest BCUT2D eigenvalue weighted by Gasteiger charge is -2.34. The second-order valence-corrected chi connectivity index (χ2v) is 7.16. The van der Waals surface area contributed by atoms with Crippen molar-refractivity contribution in [2.75, 3.05) is 11.4 Å². The summed E-state index contributed by atoms with van der Waals surface area (Å²) in [5.74, 6) is -0.364. The molecular formula is C16H21ClN2O2. The number of amides is 3. The standard InChI is InChI=1S/C16H21ClN2O2/c1-10-5-6-12(7-13(10)17)19-14(20)11(8-16(2,3)4)9-18-15(19)21/h5-7,11H,8-9H2,1-4H3,(H,18,21). The first-order valence-electron chi connectivity index (χ1n) is 7.07. The zero-order valence-electron chi connectivity index (χ0n) is 12.9. The first-order valence-corrected chi connectivity index (χ1v) is 7.45. The molecule has 0 spiro atoms. The molecule has 0 radical (unpaired) electrons. The number of nitrogens with one attached hydrogen (secondary N) is 1. The SMILES string of the molecule is Cc1ccc(N2C(=O)NCC(CC(C)(C)C)C2=O)cc1Cl. The number of aryl methyl sites for hydroxylation is 1. The molecule has 1 aromatic carbocycles. The van der Waals surface area contributed by atoms with Gasteiger partial charge in [-0.1, -0.05) is 38.4 Å². The Labute approximate surface area is 130 Å². The number of hydrogen-bond acceptors (Lipinski definition) is 2. The topological polar surface area (TPSA) is 49.4 Å². The average molecular weight is 309 g/mol. The highest BCUT2D eigenvalue weighted by Gasteiger charge is 2.37. The van der Waals surface area contributed by atoms with E-state index in [1.807, 2.05) is 13.0 Å². The number of rotatable bonds is 2. The van der Waals surface area contributed by atoms with E-state index in [9.17, 15) is 9.59 Å². The zero-order chi connectivity index (χ0) is 15.8. The molecule has 1 aliphatic heterocycles. The minimum absolute atomic E-state index is 0.0268. The third-order valence-electron chi connectivity index (χ3n) is 3.54. The van der Waals surface area contributed by atoms with Gasteiger partial charge in [0.05, 0.1) is 11.6 Å². The van der Waals surface area contributed by atoms with Crippen molar-refractivity contribution in [3.63, 3.8) is 0 Å². The summed E-state index contributed by atoms with van der Waals surface area (Å²) in [6.45, 7) is 8.54. The Hall–Kier alpha value is -1.55. The highest BCUT2D eigenvalue weighted by molar-refractivity contribution is 6.32. The minimum Gasteiger partial charge on any atom is -0.337 e. The Morgan fingerprint density at radius 1 is 1.33 bits per heavy atom. The molecule has 21 heavy (non-hydrogen) atoms. The summed E-state index contributed by atoms with van der Waals surface area (Å²) in [6, 6.07) is 4.84. The van der Waals surface area contributed by atoms with Crippen LogP contribution in [0.4, 0.5) is 10.5 Å². The van der Waals surface area contributed by atoms with Gasteiger partial charge in [0.15, 0.2) is 0 Å². The molecule has 4 nitrogen and oxygen atoms in total. The van der Waals surface area contributed by atoms with E-state index in [1.54, 1.807) is 12.1 Å². The molecule has 0 saturated carbocycles. The van der Waals surface area contributed by atoms with Gasteiger partial charge in [-0.05, 0) is 36.5 Å². The first-order chi connectivity index (χ1) is 9.69. The highest BCUT2D eigenvalue weighted by atomic mass is 35.5. The van der Waals surface area contributed by atoms with Crippen molar-refractivity contribution in [1.29, 1.82) is 0 Å². The van der Waals surface area contributed by atoms with Crippen molar-refractivity contribution >= 4 is 29.2 Å². The van der Waals surface area contributed by atoms with Crippen LogP contribution in [0.5, 0.6) is 0 Å². The number of anilines is 1. The van der Waals surface area contributed by atoms with Crippen LogP contribution in [0.2, 0.25) is 5.02 Å². The third-order valence-corrected chi connectivity index (χ3v) is 3.95. The van der Waals surface area contributed by atoms with Gasteiger partial charge in [0.2, 0.25) is 5.91 Å². The van der Waals surface area contributed by atoms with Crippen molar-refractivity contribution < 1.29 is 9.59 Å². The maximum atomic E-state index is 12.6. The largest absolute Gasteiger partial charge is 0.337 e. The monoisotopic (exact) mass is 308 g/mol. The summed E-state index contributed by atoms with van der Waals surface area (Å²) >= 11 is 6.10. The maximum absolute atomic E-state index is 12.6. The second kappa shape index (κ2) is 5.68. The van der Waals surface area contributed by atoms with Crippen LogP contribution < -0.4 is 10.2 Å². The zero-order valence-corrected chi connectivity index (χ0v) is 13.6. The molecule has 5 heteroatoms. The minimum atomic E-state index is -0.384. The van der Waals surface area contributed by atoms with Crippen LogP contribution in [-0.2, 0) is 4.79 Å². The molecule has 1 unspecified atom stereocenters. The predicted molar refractivity (Wildman–Crippen MR) is 84.6 cm³/mol. The number of carbonyl (C=O) groups excluding carboxylic acids is 2. The summed E-state index contributed by atoms with van der Waals surface area (Å²) in [5.41, 5.74) is 1.46. The van der Waals surface area contributed by atoms with E-state index in [0.29, 0.717) is 17.3 Å². The molecule has 1 saturated heterocycles. The van der Waals surface area contributed by atoms with Crippen molar-refractivity contribution in [1.82, 2.24) is 5.32 Å². The summed E-state index contributed by atoms with van der Waals surface area (Å²) in [4.78, 5) is 25.9. The number of benzene rings is 1. The van der Waals surface area contributed by atoms with Crippen molar-refractivity contribution in [2.24, 2.45) is 11.3 Å². The third kappa shape index (κ3) is 3.56. The number of imide groups is 1. The van der Waals surface area contributed by atoms with E-state index >= 15 is 0 Å². The molecule has 114 valence electrons. The van der Waals surface area contributed by atoms with Crippen LogP contribution in [0.25, 0.3) is 0 Å². The molecular weight excluding hydrogens is 288 g/mol. The van der Waals surface area contributed by atoms with Gasteiger partial charge in [0.25, 0.3) is 0 Å². The lowest BCUT2D eigenvalue weighted by Crippen LogP contribution is -2.55. The van der Waals surface area contributed by atoms with Gasteiger partial charge in [0, 0.05) is 11.6 Å². The fourth-order valence-electron chi connectivity index (χ4n) is 2.52. The van der Waals surface area contributed by atoms with Crippen molar-refractivity contribution in [3.05, 3.63) is 28.8 Å². The summed E-state index contributed by atoms with van der Waals surface area (Å²) < 4.78 is 0. The Morgan fingerprint density at radius 3 is 2.57 bits per heavy atom. The van der Waals surface area contributed by atoms with Crippen molar-refractivity contribution in [2.45, 2.75) is 34.1 Å². The Morgan fingerprint density at radius 2 is 2.00 bits per heavy atom. The lowest BCUT2D eigenvalue weighted by molar-refractivity contribution is -0.123. The van der Waals surface area contributed by atoms with Gasteiger partial charge in [-0.25, -0.2) is 9.69 Å². The second-order valence-electron chi connectivity index (χ2n) is 6.75. The van der Waals surface area contributed by atoms with E-state index in [-0.39, 0.29) is 23.3 Å². The number of urea groups is 1. The number of carbonyl (C=O) groups is 2. The fourth-order valence-corrected chi connectivity index (χ4v) is 2.70. The van der Waals surface area contributed by atoms with Gasteiger partial charge in [-0.15, -0.1) is 0 Å². The quantitative estimate of drug-likeness (QED) is 0.904. The molecule has 1 heterocycles. The van der Waals surface area contributed by atoms with E-state index in [0.717, 1.165) is 12.0 Å². The maximum Gasteiger partial charge on any atom is 0.328 e. The Bertz CT molecular complexity index is 578. The molecule has 1 fully saturated rings. The van der Waals surface area contributed by atoms with Crippen LogP contribution in [0.3, 0.4) is 0 Å². The molecule has 0 aliphatic carbocycles. The molecule has 1 aromatic rings. The lowest BCUT2D eigenvalue weighted by atomic mass is 9.83. The summed E-state index contributed by atoms with van der Waals surface area (Å²) in [6.07, 6.45) is 0.724. The van der Waals surface area contributed by atoms with Gasteiger partial charge < -0.3 is 5.32 Å². The molecule has 0 bridgehead atoms. The highest BCUT2D eigenvalue weighted by Crippen LogP contribution is 2.30. The molecule has 0 aromatic heterocycles. The van der Waals surface area contributed by atoms with Crippen LogP contribution in [-0.4, -0.2) is 18.5 Å². The number of hydrogen-bond donors (Lipinski definition) is 1. The predicted octanol–water partition coefficient (Wildman–Crippen LogP) is 3.76. The van der Waals surface area contributed by atoms with E-state index in [1.165, 1.54) is 4.90 Å². The van der Waals surface area contributed by atoms with Crippen LogP contribution >= 0.6 is 11.6 Å². The van der Waals surface area contributed by atoms with Gasteiger partial charge in [0.1, 0.15) is 0 Å². The van der Waals surface area contributed by atoms with Gasteiger partial charge in [-0.2, -0.15) is 0 Å². The number of halogens is 1. The molecule has 1 atom stereocenters. The average Bonchev–Trinajstić information content (AvgIpc) is 2.36. The molecule has 1 N–H and O–H groups in total. The summed E-state index contributed by atoms with van der Waals surface area (Å²) in [7, 11) is 0. The smallest absolute Gasteiger partial charge is 0.328 e. The normalized spacial score (nSPS) is 19.7. The summed E-state index contributed by atoms with van der Waals surface area (Å²) in [5, 5.41) is 3.34. The van der Waals surface area contributed by atoms with Gasteiger partial charge >= 0.3 is 6.03 Å². The molecule has 2 rings (SSSR count).